The van der Waals surface area contributed by atoms with Crippen LogP contribution < -0.4 is 9.47 Å². The highest BCUT2D eigenvalue weighted by Crippen LogP contribution is 2.21. The Morgan fingerprint density at radius 1 is 1.00 bits per heavy atom. The highest BCUT2D eigenvalue weighted by atomic mass is 32.1. The topological polar surface area (TPSA) is 35.5 Å². The van der Waals surface area contributed by atoms with Crippen molar-refractivity contribution in [2.75, 3.05) is 0 Å². The van der Waals surface area contributed by atoms with Gasteiger partial charge in [0.25, 0.3) is 0 Å². The molecule has 0 radical (unpaired) electrons. The van der Waals surface area contributed by atoms with Gasteiger partial charge in [-0.25, -0.2) is 4.79 Å². The van der Waals surface area contributed by atoms with E-state index in [0.29, 0.717) is 10.1 Å². The molecule has 0 bridgehead atoms. The van der Waals surface area contributed by atoms with E-state index in [4.69, 9.17) is 9.47 Å². The van der Waals surface area contributed by atoms with Crippen molar-refractivity contribution in [3.8, 4) is 10.1 Å². The van der Waals surface area contributed by atoms with E-state index in [0.717, 1.165) is 0 Å². The molecule has 0 aliphatic heterocycles. The molecule has 0 aliphatic rings. The van der Waals surface area contributed by atoms with Crippen LogP contribution >= 0.6 is 22.7 Å². The zero-order chi connectivity index (χ0) is 9.80. The molecule has 0 atom stereocenters. The first-order valence-corrected chi connectivity index (χ1v) is 5.57. The summed E-state index contributed by atoms with van der Waals surface area (Å²) in [5, 5.41) is 4.72. The third-order valence-corrected chi connectivity index (χ3v) is 2.85. The summed E-state index contributed by atoms with van der Waals surface area (Å²) in [6, 6.07) is 7.03. The Bertz CT molecular complexity index is 353. The third kappa shape index (κ3) is 2.34. The number of hydrogen-bond donors (Lipinski definition) is 0. The van der Waals surface area contributed by atoms with Gasteiger partial charge in [-0.05, 0) is 35.0 Å². The smallest absolute Gasteiger partial charge is 0.384 e. The molecule has 2 aromatic heterocycles. The third-order valence-electron chi connectivity index (χ3n) is 1.36. The van der Waals surface area contributed by atoms with Crippen molar-refractivity contribution < 1.29 is 14.3 Å². The molecule has 0 amide bonds. The fraction of sp³-hybridized carbons (Fsp3) is 0. The maximum atomic E-state index is 11.1. The minimum absolute atomic E-state index is 0.534. The molecule has 0 saturated heterocycles. The van der Waals surface area contributed by atoms with Crippen molar-refractivity contribution in [2.45, 2.75) is 0 Å². The van der Waals surface area contributed by atoms with E-state index in [1.807, 2.05) is 10.8 Å². The van der Waals surface area contributed by atoms with E-state index in [2.05, 4.69) is 0 Å². The second-order valence-corrected chi connectivity index (χ2v) is 4.14. The Labute approximate surface area is 88.5 Å². The second kappa shape index (κ2) is 4.26. The zero-order valence-corrected chi connectivity index (χ0v) is 8.64. The van der Waals surface area contributed by atoms with Crippen LogP contribution in [0, 0.1) is 0 Å². The molecule has 0 N–H and O–H groups in total. The molecule has 5 heteroatoms. The number of hydrogen-bond acceptors (Lipinski definition) is 5. The number of rotatable bonds is 2. The molecule has 0 fully saturated rings. The largest absolute Gasteiger partial charge is 0.521 e. The summed E-state index contributed by atoms with van der Waals surface area (Å²) in [6.07, 6.45) is -0.699. The minimum Gasteiger partial charge on any atom is -0.384 e. The molecule has 0 aromatic carbocycles. The Hall–Kier alpha value is -1.33. The molecular formula is C9H6O3S2. The van der Waals surface area contributed by atoms with E-state index in [1.165, 1.54) is 22.7 Å². The van der Waals surface area contributed by atoms with E-state index in [-0.39, 0.29) is 0 Å². The molecule has 0 aliphatic carbocycles. The lowest BCUT2D eigenvalue weighted by molar-refractivity contribution is 0.155. The zero-order valence-electron chi connectivity index (χ0n) is 7.01. The molecule has 72 valence electrons. The first kappa shape index (κ1) is 9.23. The molecule has 0 unspecified atom stereocenters. The predicted molar refractivity (Wildman–Crippen MR) is 55.3 cm³/mol. The quantitative estimate of drug-likeness (QED) is 0.736. The second-order valence-electron chi connectivity index (χ2n) is 2.32. The predicted octanol–water partition coefficient (Wildman–Crippen LogP) is 3.39. The van der Waals surface area contributed by atoms with Gasteiger partial charge < -0.3 is 9.47 Å². The fourth-order valence-corrected chi connectivity index (χ4v) is 1.96. The molecule has 2 aromatic rings. The minimum atomic E-state index is -0.699. The summed E-state index contributed by atoms with van der Waals surface area (Å²) < 4.78 is 9.78. The maximum absolute atomic E-state index is 11.1. The lowest BCUT2D eigenvalue weighted by atomic mass is 10.6. The number of carbonyl (C=O) groups is 1. The fourth-order valence-electron chi connectivity index (χ4n) is 0.828. The van der Waals surface area contributed by atoms with Crippen LogP contribution in [-0.2, 0) is 0 Å². The van der Waals surface area contributed by atoms with Gasteiger partial charge in [-0.3, -0.25) is 0 Å². The summed E-state index contributed by atoms with van der Waals surface area (Å²) in [4.78, 5) is 11.1. The highest BCUT2D eigenvalue weighted by Gasteiger charge is 2.08. The van der Waals surface area contributed by atoms with Crippen molar-refractivity contribution in [1.29, 1.82) is 0 Å². The summed E-state index contributed by atoms with van der Waals surface area (Å²) in [5.74, 6) is 0. The summed E-state index contributed by atoms with van der Waals surface area (Å²) in [5.41, 5.74) is 0. The summed E-state index contributed by atoms with van der Waals surface area (Å²) in [6.45, 7) is 0. The van der Waals surface area contributed by atoms with Crippen molar-refractivity contribution in [2.24, 2.45) is 0 Å². The lowest BCUT2D eigenvalue weighted by Crippen LogP contribution is -2.12. The van der Waals surface area contributed by atoms with Crippen LogP contribution in [0.15, 0.2) is 35.0 Å². The molecule has 3 nitrogen and oxygen atoms in total. The van der Waals surface area contributed by atoms with Gasteiger partial charge >= 0.3 is 6.16 Å². The van der Waals surface area contributed by atoms with Gasteiger partial charge in [-0.2, -0.15) is 0 Å². The maximum Gasteiger partial charge on any atom is 0.521 e. The Kier molecular flexibility index (Phi) is 2.81. The van der Waals surface area contributed by atoms with Gasteiger partial charge in [0, 0.05) is 0 Å². The summed E-state index contributed by atoms with van der Waals surface area (Å²) in [7, 11) is 0. The molecule has 0 spiro atoms. The van der Waals surface area contributed by atoms with Crippen LogP contribution in [0.2, 0.25) is 0 Å². The SMILES string of the molecule is O=C(Oc1cccs1)Oc1cccs1. The number of carbonyl (C=O) groups excluding carboxylic acids is 1. The Morgan fingerprint density at radius 2 is 1.50 bits per heavy atom. The van der Waals surface area contributed by atoms with Gasteiger partial charge in [0.15, 0.2) is 10.1 Å². The standard InChI is InChI=1S/C9H6O3S2/c10-9(11-7-3-1-5-13-7)12-8-4-2-6-14-8/h1-6H. The van der Waals surface area contributed by atoms with Gasteiger partial charge in [0.05, 0.1) is 0 Å². The van der Waals surface area contributed by atoms with E-state index >= 15 is 0 Å². The molecule has 14 heavy (non-hydrogen) atoms. The van der Waals surface area contributed by atoms with Crippen LogP contribution in [0.25, 0.3) is 0 Å². The molecular weight excluding hydrogens is 220 g/mol. The molecule has 0 saturated carbocycles. The van der Waals surface area contributed by atoms with Gasteiger partial charge in [0.1, 0.15) is 0 Å². The van der Waals surface area contributed by atoms with Crippen LogP contribution in [0.3, 0.4) is 0 Å². The Balaban J connectivity index is 1.91. The van der Waals surface area contributed by atoms with Crippen LogP contribution in [0.5, 0.6) is 10.1 Å². The monoisotopic (exact) mass is 226 g/mol. The normalized spacial score (nSPS) is 9.71. The van der Waals surface area contributed by atoms with Gasteiger partial charge in [-0.15, -0.1) is 22.7 Å². The lowest BCUT2D eigenvalue weighted by Gasteiger charge is -1.99. The first-order chi connectivity index (χ1) is 6.84. The van der Waals surface area contributed by atoms with Crippen molar-refractivity contribution in [1.82, 2.24) is 0 Å². The average molecular weight is 226 g/mol. The van der Waals surface area contributed by atoms with Crippen LogP contribution in [0.1, 0.15) is 0 Å². The van der Waals surface area contributed by atoms with E-state index in [9.17, 15) is 4.79 Å². The average Bonchev–Trinajstić information content (AvgIpc) is 2.76. The van der Waals surface area contributed by atoms with Crippen LogP contribution in [0.4, 0.5) is 4.79 Å². The number of ether oxygens (including phenoxy) is 2. The molecule has 2 rings (SSSR count). The van der Waals surface area contributed by atoms with Crippen molar-refractivity contribution in [3.63, 3.8) is 0 Å². The highest BCUT2D eigenvalue weighted by molar-refractivity contribution is 7.12. The van der Waals surface area contributed by atoms with E-state index < -0.39 is 6.16 Å². The number of thiophene rings is 2. The van der Waals surface area contributed by atoms with Gasteiger partial charge in [0.2, 0.25) is 0 Å². The van der Waals surface area contributed by atoms with Gasteiger partial charge in [-0.1, -0.05) is 0 Å². The Morgan fingerprint density at radius 3 is 1.86 bits per heavy atom. The molecule has 2 heterocycles. The van der Waals surface area contributed by atoms with Crippen LogP contribution in [-0.4, -0.2) is 6.16 Å². The van der Waals surface area contributed by atoms with E-state index in [1.54, 1.807) is 24.3 Å². The summed E-state index contributed by atoms with van der Waals surface area (Å²) >= 11 is 2.69. The van der Waals surface area contributed by atoms with Crippen molar-refractivity contribution >= 4 is 28.8 Å². The van der Waals surface area contributed by atoms with Crippen molar-refractivity contribution in [3.05, 3.63) is 35.0 Å². The first-order valence-electron chi connectivity index (χ1n) is 3.81.